The number of anilines is 2. The van der Waals surface area contributed by atoms with Crippen molar-refractivity contribution in [1.82, 2.24) is 15.0 Å². The van der Waals surface area contributed by atoms with Gasteiger partial charge in [0.1, 0.15) is 18.0 Å². The number of H-pyrrole nitrogens is 1. The van der Waals surface area contributed by atoms with Gasteiger partial charge in [0.2, 0.25) is 0 Å². The number of rotatable bonds is 4. The van der Waals surface area contributed by atoms with Gasteiger partial charge >= 0.3 is 0 Å². The van der Waals surface area contributed by atoms with Gasteiger partial charge in [0.15, 0.2) is 5.78 Å². The molecule has 3 heterocycles. The molecule has 0 aromatic carbocycles. The quantitative estimate of drug-likeness (QED) is 0.860. The number of carbonyl (C=O) groups is 1. The van der Waals surface area contributed by atoms with E-state index in [0.717, 1.165) is 23.7 Å². The highest BCUT2D eigenvalue weighted by Gasteiger charge is 2.20. The standard InChI is InChI=1S/C13H15N5O/c19-11-2-4-18(8-11)13-5-12(16-9-17-13)15-7-10-1-3-14-6-10/h1,3,5-6,9,14H,2,4,7-8H2,(H,15,16,17). The average molecular weight is 257 g/mol. The van der Waals surface area contributed by atoms with Crippen molar-refractivity contribution in [2.75, 3.05) is 23.3 Å². The Morgan fingerprint density at radius 1 is 1.42 bits per heavy atom. The molecule has 0 atom stereocenters. The molecule has 2 aromatic heterocycles. The van der Waals surface area contributed by atoms with Crippen LogP contribution in [0.2, 0.25) is 0 Å². The number of aromatic nitrogens is 3. The zero-order chi connectivity index (χ0) is 13.1. The fourth-order valence-corrected chi connectivity index (χ4v) is 2.10. The topological polar surface area (TPSA) is 73.9 Å². The molecule has 2 N–H and O–H groups in total. The van der Waals surface area contributed by atoms with Crippen LogP contribution in [-0.4, -0.2) is 33.8 Å². The molecule has 19 heavy (non-hydrogen) atoms. The van der Waals surface area contributed by atoms with E-state index >= 15 is 0 Å². The fraction of sp³-hybridized carbons (Fsp3) is 0.308. The van der Waals surface area contributed by atoms with Crippen LogP contribution in [0.5, 0.6) is 0 Å². The molecule has 0 bridgehead atoms. The van der Waals surface area contributed by atoms with Crippen LogP contribution < -0.4 is 10.2 Å². The van der Waals surface area contributed by atoms with Crippen LogP contribution >= 0.6 is 0 Å². The lowest BCUT2D eigenvalue weighted by atomic mass is 10.3. The minimum Gasteiger partial charge on any atom is -0.367 e. The summed E-state index contributed by atoms with van der Waals surface area (Å²) in [5.74, 6) is 1.84. The van der Waals surface area contributed by atoms with Gasteiger partial charge in [0, 0.05) is 38.0 Å². The van der Waals surface area contributed by atoms with Gasteiger partial charge in [-0.1, -0.05) is 0 Å². The van der Waals surface area contributed by atoms with Crippen molar-refractivity contribution in [3.63, 3.8) is 0 Å². The number of aromatic amines is 1. The minimum atomic E-state index is 0.264. The van der Waals surface area contributed by atoms with Gasteiger partial charge in [-0.2, -0.15) is 0 Å². The fourth-order valence-electron chi connectivity index (χ4n) is 2.10. The van der Waals surface area contributed by atoms with Crippen molar-refractivity contribution in [2.24, 2.45) is 0 Å². The maximum Gasteiger partial charge on any atom is 0.153 e. The molecule has 0 saturated carbocycles. The van der Waals surface area contributed by atoms with E-state index in [9.17, 15) is 4.79 Å². The number of ketones is 1. The number of carbonyl (C=O) groups excluding carboxylic acids is 1. The first-order chi connectivity index (χ1) is 9.31. The summed E-state index contributed by atoms with van der Waals surface area (Å²) in [6, 6.07) is 3.89. The van der Waals surface area contributed by atoms with Crippen LogP contribution in [0.25, 0.3) is 0 Å². The van der Waals surface area contributed by atoms with Gasteiger partial charge in [0.25, 0.3) is 0 Å². The van der Waals surface area contributed by atoms with Crippen molar-refractivity contribution >= 4 is 17.4 Å². The molecule has 98 valence electrons. The molecule has 2 aromatic rings. The Kier molecular flexibility index (Phi) is 3.14. The summed E-state index contributed by atoms with van der Waals surface area (Å²) < 4.78 is 0. The van der Waals surface area contributed by atoms with Gasteiger partial charge < -0.3 is 15.2 Å². The maximum absolute atomic E-state index is 11.3. The SMILES string of the molecule is O=C1CCN(c2cc(NCc3cc[nH]c3)ncn2)C1. The second kappa shape index (κ2) is 5.09. The van der Waals surface area contributed by atoms with Crippen LogP contribution in [0, 0.1) is 0 Å². The normalized spacial score (nSPS) is 14.9. The molecular weight excluding hydrogens is 242 g/mol. The van der Waals surface area contributed by atoms with Gasteiger partial charge in [-0.05, 0) is 11.6 Å². The van der Waals surface area contributed by atoms with Crippen molar-refractivity contribution in [1.29, 1.82) is 0 Å². The number of hydrogen-bond acceptors (Lipinski definition) is 5. The smallest absolute Gasteiger partial charge is 0.153 e. The van der Waals surface area contributed by atoms with Crippen molar-refractivity contribution in [3.05, 3.63) is 36.4 Å². The van der Waals surface area contributed by atoms with Crippen molar-refractivity contribution in [2.45, 2.75) is 13.0 Å². The molecular formula is C13H15N5O. The van der Waals surface area contributed by atoms with E-state index in [2.05, 4.69) is 20.3 Å². The molecule has 6 nitrogen and oxygen atoms in total. The van der Waals surface area contributed by atoms with Gasteiger partial charge in [-0.25, -0.2) is 9.97 Å². The number of nitrogens with zero attached hydrogens (tertiary/aromatic N) is 3. The molecule has 0 amide bonds. The Morgan fingerprint density at radius 3 is 3.11 bits per heavy atom. The van der Waals surface area contributed by atoms with E-state index in [1.54, 1.807) is 0 Å². The lowest BCUT2D eigenvalue weighted by Crippen LogP contribution is -2.21. The molecule has 0 aliphatic carbocycles. The number of Topliss-reactive ketones (excluding diaryl/α,β-unsaturated/α-hetero) is 1. The second-order valence-corrected chi connectivity index (χ2v) is 4.54. The lowest BCUT2D eigenvalue weighted by molar-refractivity contribution is -0.116. The van der Waals surface area contributed by atoms with Gasteiger partial charge in [-0.15, -0.1) is 0 Å². The molecule has 0 unspecified atom stereocenters. The Labute approximate surface area is 110 Å². The molecule has 1 aliphatic rings. The van der Waals surface area contributed by atoms with E-state index in [4.69, 9.17) is 0 Å². The van der Waals surface area contributed by atoms with E-state index in [-0.39, 0.29) is 5.78 Å². The zero-order valence-electron chi connectivity index (χ0n) is 10.5. The van der Waals surface area contributed by atoms with Crippen LogP contribution in [0.15, 0.2) is 30.9 Å². The summed E-state index contributed by atoms with van der Waals surface area (Å²) in [6.45, 7) is 1.90. The third-order valence-corrected chi connectivity index (χ3v) is 3.14. The molecule has 0 spiro atoms. The maximum atomic E-state index is 11.3. The predicted octanol–water partition coefficient (Wildman–Crippen LogP) is 1.20. The first-order valence-corrected chi connectivity index (χ1v) is 6.25. The minimum absolute atomic E-state index is 0.264. The third-order valence-electron chi connectivity index (χ3n) is 3.14. The van der Waals surface area contributed by atoms with Crippen molar-refractivity contribution in [3.8, 4) is 0 Å². The molecule has 1 saturated heterocycles. The number of nitrogens with one attached hydrogen (secondary N) is 2. The Hall–Kier alpha value is -2.37. The first-order valence-electron chi connectivity index (χ1n) is 6.25. The molecule has 0 radical (unpaired) electrons. The summed E-state index contributed by atoms with van der Waals surface area (Å²) in [5.41, 5.74) is 1.16. The Morgan fingerprint density at radius 2 is 2.37 bits per heavy atom. The van der Waals surface area contributed by atoms with Crippen LogP contribution in [0.3, 0.4) is 0 Å². The third kappa shape index (κ3) is 2.73. The summed E-state index contributed by atoms with van der Waals surface area (Å²) in [4.78, 5) is 24.7. The van der Waals surface area contributed by atoms with Crippen LogP contribution in [-0.2, 0) is 11.3 Å². The monoisotopic (exact) mass is 257 g/mol. The van der Waals surface area contributed by atoms with Crippen molar-refractivity contribution < 1.29 is 4.79 Å². The van der Waals surface area contributed by atoms with Gasteiger partial charge in [-0.3, -0.25) is 4.79 Å². The van der Waals surface area contributed by atoms with Crippen LogP contribution in [0.4, 0.5) is 11.6 Å². The lowest BCUT2D eigenvalue weighted by Gasteiger charge is -2.15. The molecule has 6 heteroatoms. The molecule has 1 fully saturated rings. The first kappa shape index (κ1) is 11.7. The summed E-state index contributed by atoms with van der Waals surface area (Å²) >= 11 is 0. The Balaban J connectivity index is 1.67. The van der Waals surface area contributed by atoms with E-state index in [0.29, 0.717) is 19.5 Å². The van der Waals surface area contributed by atoms with Gasteiger partial charge in [0.05, 0.1) is 6.54 Å². The van der Waals surface area contributed by atoms with E-state index in [1.807, 2.05) is 29.4 Å². The summed E-state index contributed by atoms with van der Waals surface area (Å²) in [6.07, 6.45) is 5.96. The summed E-state index contributed by atoms with van der Waals surface area (Å²) in [5, 5.41) is 3.24. The van der Waals surface area contributed by atoms with E-state index in [1.165, 1.54) is 6.33 Å². The second-order valence-electron chi connectivity index (χ2n) is 4.54. The highest BCUT2D eigenvalue weighted by Crippen LogP contribution is 2.18. The zero-order valence-corrected chi connectivity index (χ0v) is 10.5. The average Bonchev–Trinajstić information content (AvgIpc) is 3.08. The van der Waals surface area contributed by atoms with Crippen LogP contribution in [0.1, 0.15) is 12.0 Å². The predicted molar refractivity (Wildman–Crippen MR) is 72.0 cm³/mol. The van der Waals surface area contributed by atoms with E-state index < -0.39 is 0 Å². The molecule has 1 aliphatic heterocycles. The number of hydrogen-bond donors (Lipinski definition) is 2. The largest absolute Gasteiger partial charge is 0.367 e. The summed E-state index contributed by atoms with van der Waals surface area (Å²) in [7, 11) is 0. The highest BCUT2D eigenvalue weighted by molar-refractivity contribution is 5.86. The Bertz CT molecular complexity index is 566. The highest BCUT2D eigenvalue weighted by atomic mass is 16.1. The molecule has 3 rings (SSSR count).